The van der Waals surface area contributed by atoms with Crippen LogP contribution in [0.4, 0.5) is 0 Å². The lowest BCUT2D eigenvalue weighted by Gasteiger charge is -2.34. The molecule has 1 aliphatic rings. The highest BCUT2D eigenvalue weighted by Gasteiger charge is 2.40. The van der Waals surface area contributed by atoms with Crippen LogP contribution in [0.15, 0.2) is 28.8 Å². The Morgan fingerprint density at radius 2 is 1.93 bits per heavy atom. The summed E-state index contributed by atoms with van der Waals surface area (Å²) in [4.78, 5) is 17.4. The van der Waals surface area contributed by atoms with Gasteiger partial charge in [-0.25, -0.2) is 0 Å². The number of hydrogen-bond acceptors (Lipinski definition) is 5. The number of carbonyl (C=O) groups excluding carboxylic acids is 1. The minimum atomic E-state index is -0.563. The number of nitrogens with zero attached hydrogens (tertiary/aromatic N) is 2. The summed E-state index contributed by atoms with van der Waals surface area (Å²) in [5.41, 5.74) is 0.0458. The van der Waals surface area contributed by atoms with Gasteiger partial charge in [-0.05, 0) is 43.5 Å². The molecule has 6 nitrogen and oxygen atoms in total. The fourth-order valence-electron chi connectivity index (χ4n) is 3.47. The Labute approximate surface area is 160 Å². The van der Waals surface area contributed by atoms with E-state index in [1.165, 1.54) is 0 Å². The molecular formula is C21H29N3O3. The molecule has 0 radical (unpaired) electrons. The largest absolute Gasteiger partial charge is 0.494 e. The molecule has 1 fully saturated rings. The second-order valence-corrected chi connectivity index (χ2v) is 7.19. The number of rotatable bonds is 8. The summed E-state index contributed by atoms with van der Waals surface area (Å²) in [5.74, 6) is 1.88. The molecule has 1 aromatic carbocycles. The second-order valence-electron chi connectivity index (χ2n) is 7.19. The van der Waals surface area contributed by atoms with Crippen LogP contribution in [0.5, 0.6) is 5.75 Å². The van der Waals surface area contributed by atoms with Gasteiger partial charge in [0.1, 0.15) is 11.3 Å². The molecule has 0 aliphatic heterocycles. The molecule has 0 bridgehead atoms. The number of carbonyl (C=O) groups is 1. The van der Waals surface area contributed by atoms with Gasteiger partial charge in [-0.1, -0.05) is 44.7 Å². The average molecular weight is 371 g/mol. The zero-order chi connectivity index (χ0) is 19.1. The van der Waals surface area contributed by atoms with E-state index in [0.717, 1.165) is 50.7 Å². The van der Waals surface area contributed by atoms with E-state index in [2.05, 4.69) is 22.4 Å². The zero-order valence-corrected chi connectivity index (χ0v) is 16.3. The van der Waals surface area contributed by atoms with Crippen molar-refractivity contribution < 1.29 is 14.1 Å². The van der Waals surface area contributed by atoms with E-state index in [9.17, 15) is 4.79 Å². The monoisotopic (exact) mass is 371 g/mol. The van der Waals surface area contributed by atoms with Gasteiger partial charge in [0.05, 0.1) is 6.61 Å². The van der Waals surface area contributed by atoms with E-state index >= 15 is 0 Å². The second kappa shape index (κ2) is 9.02. The normalized spacial score (nSPS) is 16.1. The van der Waals surface area contributed by atoms with Crippen molar-refractivity contribution in [2.24, 2.45) is 0 Å². The maximum absolute atomic E-state index is 12.9. The van der Waals surface area contributed by atoms with Crippen molar-refractivity contribution in [2.45, 2.75) is 70.8 Å². The summed E-state index contributed by atoms with van der Waals surface area (Å²) in [6.07, 6.45) is 7.71. The average Bonchev–Trinajstić information content (AvgIpc) is 3.19. The molecule has 1 aliphatic carbocycles. The maximum atomic E-state index is 12.9. The van der Waals surface area contributed by atoms with Gasteiger partial charge in [-0.2, -0.15) is 4.98 Å². The molecule has 1 N–H and O–H groups in total. The van der Waals surface area contributed by atoms with Crippen LogP contribution in [0.1, 0.15) is 80.9 Å². The van der Waals surface area contributed by atoms with Crippen molar-refractivity contribution in [3.63, 3.8) is 0 Å². The summed E-state index contributed by atoms with van der Waals surface area (Å²) >= 11 is 0. The Morgan fingerprint density at radius 1 is 1.19 bits per heavy atom. The fourth-order valence-corrected chi connectivity index (χ4v) is 3.47. The molecule has 0 atom stereocenters. The van der Waals surface area contributed by atoms with Gasteiger partial charge >= 0.3 is 0 Å². The Morgan fingerprint density at radius 3 is 2.56 bits per heavy atom. The van der Waals surface area contributed by atoms with Crippen LogP contribution < -0.4 is 10.1 Å². The standard InChI is InChI=1S/C21H29N3O3/c1-3-5-15-26-17-11-9-16(10-12-17)19(25)23-21(13-7-6-8-14-21)20-22-18(4-2)24-27-20/h9-12H,3-8,13-15H2,1-2H3,(H,23,25). The number of hydrogen-bond donors (Lipinski definition) is 1. The maximum Gasteiger partial charge on any atom is 0.252 e. The molecule has 0 saturated heterocycles. The van der Waals surface area contributed by atoms with Gasteiger partial charge in [-0.15, -0.1) is 0 Å². The molecule has 0 unspecified atom stereocenters. The molecule has 1 saturated carbocycles. The van der Waals surface area contributed by atoms with Gasteiger partial charge < -0.3 is 14.6 Å². The molecule has 2 aromatic rings. The quantitative estimate of drug-likeness (QED) is 0.696. The van der Waals surface area contributed by atoms with E-state index in [0.29, 0.717) is 30.3 Å². The van der Waals surface area contributed by atoms with Gasteiger partial charge in [0.2, 0.25) is 0 Å². The van der Waals surface area contributed by atoms with Gasteiger partial charge in [0, 0.05) is 12.0 Å². The summed E-state index contributed by atoms with van der Waals surface area (Å²) in [5, 5.41) is 7.23. The number of unbranched alkanes of at least 4 members (excludes halogenated alkanes) is 1. The Kier molecular flexibility index (Phi) is 6.48. The molecule has 0 spiro atoms. The van der Waals surface area contributed by atoms with E-state index in [-0.39, 0.29) is 5.91 Å². The molecule has 1 heterocycles. The van der Waals surface area contributed by atoms with Crippen LogP contribution >= 0.6 is 0 Å². The predicted octanol–water partition coefficient (Wildman–Crippen LogP) is 4.40. The first kappa shape index (κ1) is 19.4. The lowest BCUT2D eigenvalue weighted by atomic mass is 9.81. The van der Waals surface area contributed by atoms with E-state index in [1.807, 2.05) is 19.1 Å². The third-order valence-electron chi connectivity index (χ3n) is 5.14. The van der Waals surface area contributed by atoms with Crippen LogP contribution in [0.2, 0.25) is 0 Å². The fraction of sp³-hybridized carbons (Fsp3) is 0.571. The zero-order valence-electron chi connectivity index (χ0n) is 16.3. The molecule has 1 aromatic heterocycles. The first-order valence-corrected chi connectivity index (χ1v) is 10.1. The van der Waals surface area contributed by atoms with Gasteiger partial charge in [-0.3, -0.25) is 4.79 Å². The molecule has 6 heteroatoms. The summed E-state index contributed by atoms with van der Waals surface area (Å²) in [6.45, 7) is 4.82. The van der Waals surface area contributed by atoms with Crippen LogP contribution in [-0.2, 0) is 12.0 Å². The number of aryl methyl sites for hydroxylation is 1. The van der Waals surface area contributed by atoms with Gasteiger partial charge in [0.25, 0.3) is 11.8 Å². The summed E-state index contributed by atoms with van der Waals surface area (Å²) in [7, 11) is 0. The molecular weight excluding hydrogens is 342 g/mol. The van der Waals surface area contributed by atoms with Crippen molar-refractivity contribution in [1.82, 2.24) is 15.5 Å². The highest BCUT2D eigenvalue weighted by molar-refractivity contribution is 5.94. The Balaban J connectivity index is 1.72. The van der Waals surface area contributed by atoms with Crippen molar-refractivity contribution in [3.05, 3.63) is 41.5 Å². The topological polar surface area (TPSA) is 77.2 Å². The smallest absolute Gasteiger partial charge is 0.252 e. The predicted molar refractivity (Wildman–Crippen MR) is 103 cm³/mol. The van der Waals surface area contributed by atoms with Crippen molar-refractivity contribution in [3.8, 4) is 5.75 Å². The highest BCUT2D eigenvalue weighted by atomic mass is 16.5. The third-order valence-corrected chi connectivity index (χ3v) is 5.14. The van der Waals surface area contributed by atoms with E-state index < -0.39 is 5.54 Å². The first-order chi connectivity index (χ1) is 13.2. The minimum absolute atomic E-state index is 0.117. The number of aromatic nitrogens is 2. The number of nitrogens with one attached hydrogen (secondary N) is 1. The van der Waals surface area contributed by atoms with Crippen molar-refractivity contribution >= 4 is 5.91 Å². The molecule has 146 valence electrons. The van der Waals surface area contributed by atoms with Crippen molar-refractivity contribution in [2.75, 3.05) is 6.61 Å². The molecule has 3 rings (SSSR count). The van der Waals surface area contributed by atoms with Crippen LogP contribution in [0, 0.1) is 0 Å². The van der Waals surface area contributed by atoms with Gasteiger partial charge in [0.15, 0.2) is 5.82 Å². The van der Waals surface area contributed by atoms with E-state index in [4.69, 9.17) is 9.26 Å². The lowest BCUT2D eigenvalue weighted by molar-refractivity contribution is 0.0824. The number of amides is 1. The highest BCUT2D eigenvalue weighted by Crippen LogP contribution is 2.36. The SMILES string of the molecule is CCCCOc1ccc(C(=O)NC2(c3nc(CC)no3)CCCCC2)cc1. The van der Waals surface area contributed by atoms with Crippen LogP contribution in [0.3, 0.4) is 0 Å². The Hall–Kier alpha value is -2.37. The van der Waals surface area contributed by atoms with Crippen LogP contribution in [-0.4, -0.2) is 22.7 Å². The minimum Gasteiger partial charge on any atom is -0.494 e. The lowest BCUT2D eigenvalue weighted by Crippen LogP contribution is -2.47. The first-order valence-electron chi connectivity index (χ1n) is 10.1. The van der Waals surface area contributed by atoms with Crippen molar-refractivity contribution in [1.29, 1.82) is 0 Å². The Bertz CT molecular complexity index is 733. The number of ether oxygens (including phenoxy) is 1. The third kappa shape index (κ3) is 4.67. The van der Waals surface area contributed by atoms with Crippen LogP contribution in [0.25, 0.3) is 0 Å². The molecule has 27 heavy (non-hydrogen) atoms. The summed E-state index contributed by atoms with van der Waals surface area (Å²) in [6, 6.07) is 7.30. The molecule has 1 amide bonds. The number of benzene rings is 1. The van der Waals surface area contributed by atoms with E-state index in [1.54, 1.807) is 12.1 Å². The summed E-state index contributed by atoms with van der Waals surface area (Å²) < 4.78 is 11.2.